The van der Waals surface area contributed by atoms with Crippen molar-refractivity contribution in [2.24, 2.45) is 0 Å². The molecule has 0 amide bonds. The van der Waals surface area contributed by atoms with E-state index in [9.17, 15) is 0 Å². The van der Waals surface area contributed by atoms with E-state index in [0.29, 0.717) is 0 Å². The number of aliphatic hydroxyl groups is 1. The van der Waals surface area contributed by atoms with Gasteiger partial charge in [0.05, 0.1) is 12.3 Å². The van der Waals surface area contributed by atoms with Crippen LogP contribution in [0.1, 0.15) is 19.0 Å². The third kappa shape index (κ3) is 6.68. The quantitative estimate of drug-likeness (QED) is 0.840. The molecule has 0 saturated carbocycles. The van der Waals surface area contributed by atoms with E-state index in [0.717, 1.165) is 18.7 Å². The average molecular weight is 253 g/mol. The number of nitrogens with one attached hydrogen (secondary N) is 1. The number of pyridine rings is 1. The average Bonchev–Trinajstić information content (AvgIpc) is 2.21. The number of halogens is 2. The van der Waals surface area contributed by atoms with Gasteiger partial charge in [0.25, 0.3) is 0 Å². The van der Waals surface area contributed by atoms with Crippen molar-refractivity contribution in [1.82, 2.24) is 10.3 Å². The highest BCUT2D eigenvalue weighted by molar-refractivity contribution is 5.85. The second-order valence-corrected chi connectivity index (χ2v) is 2.99. The molecule has 5 heteroatoms. The molecular formula is C10H18Cl2N2O. The number of hydrogen-bond acceptors (Lipinski definition) is 3. The van der Waals surface area contributed by atoms with Gasteiger partial charge in [-0.1, -0.05) is 13.0 Å². The predicted octanol–water partition coefficient (Wildman–Crippen LogP) is 1.79. The van der Waals surface area contributed by atoms with E-state index in [-0.39, 0.29) is 37.5 Å². The van der Waals surface area contributed by atoms with Crippen LogP contribution in [0.4, 0.5) is 0 Å². The fourth-order valence-electron chi connectivity index (χ4n) is 1.09. The van der Waals surface area contributed by atoms with Crippen molar-refractivity contribution >= 4 is 24.8 Å². The first kappa shape index (κ1) is 17.1. The van der Waals surface area contributed by atoms with Crippen LogP contribution in [0.25, 0.3) is 0 Å². The standard InChI is InChI=1S/C10H16N2O.2ClH/c1-2-9(8-13)12-7-10-5-3-4-6-11-10;;/h3-6,9,12-13H,2,7-8H2,1H3;2*1H. The maximum atomic E-state index is 8.92. The summed E-state index contributed by atoms with van der Waals surface area (Å²) in [7, 11) is 0. The molecule has 2 N–H and O–H groups in total. The Balaban J connectivity index is 0. The molecule has 3 nitrogen and oxygen atoms in total. The third-order valence-corrected chi connectivity index (χ3v) is 2.01. The Labute approximate surface area is 103 Å². The molecule has 0 aliphatic carbocycles. The molecule has 1 heterocycles. The Kier molecular flexibility index (Phi) is 11.6. The lowest BCUT2D eigenvalue weighted by molar-refractivity contribution is 0.238. The van der Waals surface area contributed by atoms with Crippen molar-refractivity contribution in [3.05, 3.63) is 30.1 Å². The Morgan fingerprint density at radius 3 is 2.60 bits per heavy atom. The molecule has 1 aromatic rings. The van der Waals surface area contributed by atoms with E-state index in [1.54, 1.807) is 6.20 Å². The van der Waals surface area contributed by atoms with E-state index < -0.39 is 0 Å². The van der Waals surface area contributed by atoms with Gasteiger partial charge in [0.15, 0.2) is 0 Å². The predicted molar refractivity (Wildman–Crippen MR) is 66.7 cm³/mol. The fourth-order valence-corrected chi connectivity index (χ4v) is 1.09. The molecule has 88 valence electrons. The van der Waals surface area contributed by atoms with Crippen LogP contribution in [-0.4, -0.2) is 22.7 Å². The summed E-state index contributed by atoms with van der Waals surface area (Å²) in [6.07, 6.45) is 2.71. The molecule has 0 bridgehead atoms. The number of aromatic nitrogens is 1. The second kappa shape index (κ2) is 10.2. The number of nitrogens with zero attached hydrogens (tertiary/aromatic N) is 1. The summed E-state index contributed by atoms with van der Waals surface area (Å²) < 4.78 is 0. The fraction of sp³-hybridized carbons (Fsp3) is 0.500. The molecule has 0 saturated heterocycles. The monoisotopic (exact) mass is 252 g/mol. The van der Waals surface area contributed by atoms with Crippen molar-refractivity contribution in [3.8, 4) is 0 Å². The Bertz CT molecular complexity index is 230. The number of hydrogen-bond donors (Lipinski definition) is 2. The van der Waals surface area contributed by atoms with Crippen LogP contribution in [-0.2, 0) is 6.54 Å². The van der Waals surface area contributed by atoms with Crippen LogP contribution < -0.4 is 5.32 Å². The maximum absolute atomic E-state index is 8.92. The van der Waals surface area contributed by atoms with Crippen molar-refractivity contribution in [1.29, 1.82) is 0 Å². The summed E-state index contributed by atoms with van der Waals surface area (Å²) in [6, 6.07) is 6.01. The van der Waals surface area contributed by atoms with E-state index in [1.807, 2.05) is 25.1 Å². The van der Waals surface area contributed by atoms with Crippen molar-refractivity contribution in [2.75, 3.05) is 6.61 Å². The van der Waals surface area contributed by atoms with Gasteiger partial charge in [-0.25, -0.2) is 0 Å². The molecule has 15 heavy (non-hydrogen) atoms. The smallest absolute Gasteiger partial charge is 0.0584 e. The van der Waals surface area contributed by atoms with Gasteiger partial charge in [-0.15, -0.1) is 24.8 Å². The lowest BCUT2D eigenvalue weighted by Crippen LogP contribution is -2.31. The highest BCUT2D eigenvalue weighted by Crippen LogP contribution is 1.95. The first-order valence-electron chi connectivity index (χ1n) is 4.61. The lowest BCUT2D eigenvalue weighted by atomic mass is 10.2. The molecule has 0 radical (unpaired) electrons. The molecule has 0 aliphatic heterocycles. The molecule has 1 rings (SSSR count). The Morgan fingerprint density at radius 2 is 2.13 bits per heavy atom. The minimum atomic E-state index is 0. The van der Waals surface area contributed by atoms with E-state index in [2.05, 4.69) is 10.3 Å². The van der Waals surface area contributed by atoms with Crippen molar-refractivity contribution in [3.63, 3.8) is 0 Å². The van der Waals surface area contributed by atoms with Crippen molar-refractivity contribution in [2.45, 2.75) is 25.9 Å². The molecular weight excluding hydrogens is 235 g/mol. The first-order chi connectivity index (χ1) is 6.36. The van der Waals surface area contributed by atoms with Gasteiger partial charge in [0.1, 0.15) is 0 Å². The van der Waals surface area contributed by atoms with Gasteiger partial charge in [-0.2, -0.15) is 0 Å². The summed E-state index contributed by atoms with van der Waals surface area (Å²) in [5.74, 6) is 0. The topological polar surface area (TPSA) is 45.1 Å². The van der Waals surface area contributed by atoms with Crippen LogP contribution in [0, 0.1) is 0 Å². The molecule has 0 spiro atoms. The van der Waals surface area contributed by atoms with Gasteiger partial charge in [-0.3, -0.25) is 4.98 Å². The Hall–Kier alpha value is -0.350. The van der Waals surface area contributed by atoms with Gasteiger partial charge in [0, 0.05) is 18.8 Å². The maximum Gasteiger partial charge on any atom is 0.0584 e. The molecule has 0 aliphatic rings. The minimum absolute atomic E-state index is 0. The zero-order valence-electron chi connectivity index (χ0n) is 8.72. The van der Waals surface area contributed by atoms with Gasteiger partial charge < -0.3 is 10.4 Å². The Morgan fingerprint density at radius 1 is 1.40 bits per heavy atom. The van der Waals surface area contributed by atoms with Crippen LogP contribution in [0.5, 0.6) is 0 Å². The largest absolute Gasteiger partial charge is 0.395 e. The molecule has 0 aromatic carbocycles. The second-order valence-electron chi connectivity index (χ2n) is 2.99. The summed E-state index contributed by atoms with van der Waals surface area (Å²) in [5.41, 5.74) is 1.01. The summed E-state index contributed by atoms with van der Waals surface area (Å²) in [6.45, 7) is 2.95. The van der Waals surface area contributed by atoms with E-state index >= 15 is 0 Å². The zero-order valence-corrected chi connectivity index (χ0v) is 10.4. The molecule has 1 unspecified atom stereocenters. The van der Waals surface area contributed by atoms with E-state index in [4.69, 9.17) is 5.11 Å². The van der Waals surface area contributed by atoms with Gasteiger partial charge in [0.2, 0.25) is 0 Å². The molecule has 1 aromatic heterocycles. The van der Waals surface area contributed by atoms with E-state index in [1.165, 1.54) is 0 Å². The van der Waals surface area contributed by atoms with Crippen LogP contribution in [0.3, 0.4) is 0 Å². The highest BCUT2D eigenvalue weighted by Gasteiger charge is 2.02. The van der Waals surface area contributed by atoms with Crippen molar-refractivity contribution < 1.29 is 5.11 Å². The minimum Gasteiger partial charge on any atom is -0.395 e. The first-order valence-corrected chi connectivity index (χ1v) is 4.61. The van der Waals surface area contributed by atoms with Gasteiger partial charge in [-0.05, 0) is 18.6 Å². The van der Waals surface area contributed by atoms with Crippen LogP contribution in [0.2, 0.25) is 0 Å². The summed E-state index contributed by atoms with van der Waals surface area (Å²) in [5, 5.41) is 12.1. The number of rotatable bonds is 5. The summed E-state index contributed by atoms with van der Waals surface area (Å²) >= 11 is 0. The summed E-state index contributed by atoms with van der Waals surface area (Å²) in [4.78, 5) is 4.18. The molecule has 1 atom stereocenters. The van der Waals surface area contributed by atoms with Crippen LogP contribution in [0.15, 0.2) is 24.4 Å². The normalized spacial score (nSPS) is 11.1. The SMILES string of the molecule is CCC(CO)NCc1ccccn1.Cl.Cl. The highest BCUT2D eigenvalue weighted by atomic mass is 35.5. The van der Waals surface area contributed by atoms with Gasteiger partial charge >= 0.3 is 0 Å². The number of aliphatic hydroxyl groups excluding tert-OH is 1. The van der Waals surface area contributed by atoms with Crippen LogP contribution >= 0.6 is 24.8 Å². The molecule has 0 fully saturated rings. The third-order valence-electron chi connectivity index (χ3n) is 2.01. The zero-order chi connectivity index (χ0) is 9.52. The lowest BCUT2D eigenvalue weighted by Gasteiger charge is -2.12.